The van der Waals surface area contributed by atoms with Crippen LogP contribution in [-0.2, 0) is 4.79 Å². The van der Waals surface area contributed by atoms with E-state index in [1.54, 1.807) is 0 Å². The molecule has 0 bridgehead atoms. The van der Waals surface area contributed by atoms with E-state index < -0.39 is 35.9 Å². The first kappa shape index (κ1) is 13.8. The molecule has 0 aromatic carbocycles. The minimum absolute atomic E-state index is 0.410. The quantitative estimate of drug-likeness (QED) is 0.604. The van der Waals surface area contributed by atoms with Crippen molar-refractivity contribution in [2.45, 2.75) is 18.8 Å². The van der Waals surface area contributed by atoms with Crippen molar-refractivity contribution in [3.8, 4) is 0 Å². The van der Waals surface area contributed by atoms with Gasteiger partial charge >= 0.3 is 12.1 Å². The van der Waals surface area contributed by atoms with Crippen molar-refractivity contribution in [3.05, 3.63) is 11.4 Å². The highest BCUT2D eigenvalue weighted by Crippen LogP contribution is 2.41. The number of hydrogen-bond acceptors (Lipinski definition) is 1. The van der Waals surface area contributed by atoms with Gasteiger partial charge in [-0.25, -0.2) is 18.0 Å². The number of carboxylic acid groups (broad SMARTS) is 1. The zero-order valence-corrected chi connectivity index (χ0v) is 7.33. The van der Waals surface area contributed by atoms with Gasteiger partial charge in [-0.3, -0.25) is 0 Å². The number of allylic oxidation sites excluding steroid dienone is 1. The number of carbonyl (C=O) groups is 1. The minimum Gasteiger partial charge on any atom is -0.478 e. The van der Waals surface area contributed by atoms with Crippen molar-refractivity contribution in [2.24, 2.45) is 0 Å². The summed E-state index contributed by atoms with van der Waals surface area (Å²) in [4.78, 5) is 10.1. The van der Waals surface area contributed by atoms with Crippen LogP contribution >= 0.6 is 0 Å². The fourth-order valence-electron chi connectivity index (χ4n) is 0.650. The van der Waals surface area contributed by atoms with Crippen molar-refractivity contribution in [3.63, 3.8) is 0 Å². The first-order chi connectivity index (χ1) is 6.58. The standard InChI is InChI=1S/C7H6F6O2/c1-3(5(14)15)4(9)6(10,2-8)7(11,12)13/h2H2,1H3,(H,14,15)/b4-3+/t6-/m1/s1. The van der Waals surface area contributed by atoms with Crippen LogP contribution in [0.5, 0.6) is 0 Å². The summed E-state index contributed by atoms with van der Waals surface area (Å²) in [7, 11) is 0. The summed E-state index contributed by atoms with van der Waals surface area (Å²) in [6.07, 6.45) is -5.84. The van der Waals surface area contributed by atoms with Gasteiger partial charge in [0, 0.05) is 0 Å². The first-order valence-corrected chi connectivity index (χ1v) is 3.49. The molecule has 0 radical (unpaired) electrons. The Morgan fingerprint density at radius 1 is 1.27 bits per heavy atom. The monoisotopic (exact) mass is 236 g/mol. The molecular weight excluding hydrogens is 230 g/mol. The Bertz CT molecular complexity index is 294. The summed E-state index contributed by atoms with van der Waals surface area (Å²) in [6.45, 7) is -2.31. The van der Waals surface area contributed by atoms with E-state index in [9.17, 15) is 31.1 Å². The fraction of sp³-hybridized carbons (Fsp3) is 0.571. The van der Waals surface area contributed by atoms with Crippen LogP contribution < -0.4 is 0 Å². The topological polar surface area (TPSA) is 37.3 Å². The predicted octanol–water partition coefficient (Wildman–Crippen LogP) is 2.55. The number of hydrogen-bond donors (Lipinski definition) is 1. The molecule has 0 aromatic rings. The van der Waals surface area contributed by atoms with Crippen LogP contribution in [0.25, 0.3) is 0 Å². The molecular formula is C7H6F6O2. The number of rotatable bonds is 3. The van der Waals surface area contributed by atoms with Gasteiger partial charge in [0.1, 0.15) is 6.67 Å². The first-order valence-electron chi connectivity index (χ1n) is 3.49. The SMILES string of the molecule is C/C(C(=O)O)=C(\F)[C@](F)(CF)C(F)(F)F. The smallest absolute Gasteiger partial charge is 0.431 e. The number of halogens is 6. The lowest BCUT2D eigenvalue weighted by atomic mass is 10.0. The van der Waals surface area contributed by atoms with E-state index >= 15 is 0 Å². The average molecular weight is 236 g/mol. The molecule has 2 nitrogen and oxygen atoms in total. The average Bonchev–Trinajstić information content (AvgIpc) is 2.12. The van der Waals surface area contributed by atoms with Crippen molar-refractivity contribution >= 4 is 5.97 Å². The molecule has 0 aliphatic carbocycles. The molecule has 0 aliphatic rings. The van der Waals surface area contributed by atoms with Gasteiger partial charge in [-0.2, -0.15) is 13.2 Å². The molecule has 0 aromatic heterocycles. The van der Waals surface area contributed by atoms with E-state index in [1.807, 2.05) is 0 Å². The van der Waals surface area contributed by atoms with Crippen molar-refractivity contribution in [1.29, 1.82) is 0 Å². The molecule has 0 unspecified atom stereocenters. The van der Waals surface area contributed by atoms with E-state index in [1.165, 1.54) is 0 Å². The number of carboxylic acids is 1. The molecule has 1 N–H and O–H groups in total. The zero-order chi connectivity index (χ0) is 12.4. The second-order valence-electron chi connectivity index (χ2n) is 2.68. The molecule has 0 saturated carbocycles. The Balaban J connectivity index is 5.52. The van der Waals surface area contributed by atoms with Crippen LogP contribution in [0.15, 0.2) is 11.4 Å². The Morgan fingerprint density at radius 3 is 1.87 bits per heavy atom. The van der Waals surface area contributed by atoms with Gasteiger partial charge in [0.05, 0.1) is 5.57 Å². The second-order valence-corrected chi connectivity index (χ2v) is 2.68. The highest BCUT2D eigenvalue weighted by Gasteiger charge is 2.61. The molecule has 0 heterocycles. The van der Waals surface area contributed by atoms with Crippen molar-refractivity contribution in [2.75, 3.05) is 6.67 Å². The van der Waals surface area contributed by atoms with Gasteiger partial charge in [-0.15, -0.1) is 0 Å². The van der Waals surface area contributed by atoms with E-state index in [-0.39, 0.29) is 0 Å². The molecule has 15 heavy (non-hydrogen) atoms. The lowest BCUT2D eigenvalue weighted by Gasteiger charge is -2.23. The summed E-state index contributed by atoms with van der Waals surface area (Å²) >= 11 is 0. The van der Waals surface area contributed by atoms with Crippen LogP contribution in [0, 0.1) is 0 Å². The van der Waals surface area contributed by atoms with Gasteiger partial charge in [0.15, 0.2) is 5.83 Å². The molecule has 0 spiro atoms. The van der Waals surface area contributed by atoms with Gasteiger partial charge in [0.25, 0.3) is 5.67 Å². The van der Waals surface area contributed by atoms with Crippen LogP contribution in [-0.4, -0.2) is 29.6 Å². The molecule has 0 rings (SSSR count). The third kappa shape index (κ3) is 2.42. The maximum Gasteiger partial charge on any atom is 0.431 e. The summed E-state index contributed by atoms with van der Waals surface area (Å²) < 4.78 is 73.1. The van der Waals surface area contributed by atoms with Gasteiger partial charge in [-0.05, 0) is 6.92 Å². The van der Waals surface area contributed by atoms with Crippen LogP contribution in [0.3, 0.4) is 0 Å². The van der Waals surface area contributed by atoms with Crippen LogP contribution in [0.2, 0.25) is 0 Å². The van der Waals surface area contributed by atoms with E-state index in [2.05, 4.69) is 0 Å². The fourth-order valence-corrected chi connectivity index (χ4v) is 0.650. The highest BCUT2D eigenvalue weighted by molar-refractivity contribution is 5.86. The lowest BCUT2D eigenvalue weighted by Crippen LogP contribution is -2.44. The second kappa shape index (κ2) is 4.11. The lowest BCUT2D eigenvalue weighted by molar-refractivity contribution is -0.226. The Labute approximate surface area is 80.2 Å². The Hall–Kier alpha value is -1.21. The molecule has 8 heteroatoms. The maximum atomic E-state index is 12.8. The molecule has 0 aliphatic heterocycles. The van der Waals surface area contributed by atoms with Crippen molar-refractivity contribution in [1.82, 2.24) is 0 Å². The van der Waals surface area contributed by atoms with E-state index in [0.29, 0.717) is 6.92 Å². The summed E-state index contributed by atoms with van der Waals surface area (Å²) in [5.74, 6) is -4.77. The Kier molecular flexibility index (Phi) is 3.78. The van der Waals surface area contributed by atoms with Gasteiger partial charge in [-0.1, -0.05) is 0 Å². The largest absolute Gasteiger partial charge is 0.478 e. The summed E-state index contributed by atoms with van der Waals surface area (Å²) in [5.41, 5.74) is -6.41. The van der Waals surface area contributed by atoms with Crippen LogP contribution in [0.1, 0.15) is 6.92 Å². The summed E-state index contributed by atoms with van der Waals surface area (Å²) in [6, 6.07) is 0. The Morgan fingerprint density at radius 2 is 1.67 bits per heavy atom. The molecule has 88 valence electrons. The molecule has 1 atom stereocenters. The number of aliphatic carboxylic acids is 1. The molecule has 0 amide bonds. The van der Waals surface area contributed by atoms with Crippen molar-refractivity contribution < 1.29 is 36.2 Å². The number of alkyl halides is 5. The molecule has 0 saturated heterocycles. The summed E-state index contributed by atoms with van der Waals surface area (Å²) in [5, 5.41) is 8.12. The van der Waals surface area contributed by atoms with E-state index in [4.69, 9.17) is 5.11 Å². The van der Waals surface area contributed by atoms with Gasteiger partial charge in [0.2, 0.25) is 0 Å². The maximum absolute atomic E-state index is 12.8. The van der Waals surface area contributed by atoms with Crippen LogP contribution in [0.4, 0.5) is 26.3 Å². The third-order valence-corrected chi connectivity index (χ3v) is 1.63. The highest BCUT2D eigenvalue weighted by atomic mass is 19.4. The third-order valence-electron chi connectivity index (χ3n) is 1.63. The molecule has 0 fully saturated rings. The minimum atomic E-state index is -5.84. The van der Waals surface area contributed by atoms with Gasteiger partial charge < -0.3 is 5.11 Å². The normalized spacial score (nSPS) is 18.1. The van der Waals surface area contributed by atoms with E-state index in [0.717, 1.165) is 0 Å². The predicted molar refractivity (Wildman–Crippen MR) is 37.3 cm³/mol. The zero-order valence-electron chi connectivity index (χ0n) is 7.33.